The number of nitrogens with two attached hydrogens (primary N) is 1. The van der Waals surface area contributed by atoms with E-state index in [0.29, 0.717) is 5.13 Å². The summed E-state index contributed by atoms with van der Waals surface area (Å²) in [7, 11) is 0. The second-order valence-corrected chi connectivity index (χ2v) is 5.74. The number of hydrogen-bond donors (Lipinski definition) is 2. The second-order valence-electron chi connectivity index (χ2n) is 4.59. The monoisotopic (exact) mass is 292 g/mol. The molecule has 18 heavy (non-hydrogen) atoms. The van der Waals surface area contributed by atoms with E-state index in [1.165, 1.54) is 4.88 Å². The molecule has 1 aliphatic heterocycles. The Hall–Kier alpha value is -0.400. The third kappa shape index (κ3) is 4.70. The van der Waals surface area contributed by atoms with Crippen molar-refractivity contribution in [1.29, 1.82) is 0 Å². The molecule has 1 fully saturated rings. The number of aliphatic hydroxyl groups excluding tert-OH is 1. The minimum atomic E-state index is -0.233. The van der Waals surface area contributed by atoms with Gasteiger partial charge in [-0.25, -0.2) is 4.98 Å². The Morgan fingerprint density at radius 3 is 2.50 bits per heavy atom. The SMILES string of the molecule is C[C@@H](O)CN1CCN(Cc2cnc(N)s2)CC1.Cl. The Kier molecular flexibility index (Phi) is 6.31. The van der Waals surface area contributed by atoms with E-state index in [4.69, 9.17) is 5.73 Å². The number of piperazine rings is 1. The van der Waals surface area contributed by atoms with Crippen LogP contribution >= 0.6 is 23.7 Å². The molecule has 1 aromatic rings. The lowest BCUT2D eigenvalue weighted by molar-refractivity contribution is 0.0784. The molecular weight excluding hydrogens is 272 g/mol. The van der Waals surface area contributed by atoms with E-state index in [-0.39, 0.29) is 18.5 Å². The van der Waals surface area contributed by atoms with Crippen LogP contribution in [0.25, 0.3) is 0 Å². The van der Waals surface area contributed by atoms with Gasteiger partial charge in [0, 0.05) is 50.3 Å². The van der Waals surface area contributed by atoms with Gasteiger partial charge in [-0.15, -0.1) is 23.7 Å². The third-order valence-corrected chi connectivity index (χ3v) is 3.75. The minimum absolute atomic E-state index is 0. The molecule has 3 N–H and O–H groups in total. The van der Waals surface area contributed by atoms with Crippen LogP contribution in [0.15, 0.2) is 6.20 Å². The Morgan fingerprint density at radius 1 is 1.39 bits per heavy atom. The van der Waals surface area contributed by atoms with Crippen molar-refractivity contribution >= 4 is 28.9 Å². The van der Waals surface area contributed by atoms with Gasteiger partial charge < -0.3 is 10.8 Å². The highest BCUT2D eigenvalue weighted by molar-refractivity contribution is 7.15. The highest BCUT2D eigenvalue weighted by Gasteiger charge is 2.18. The summed E-state index contributed by atoms with van der Waals surface area (Å²) in [6.07, 6.45) is 1.63. The number of β-amino-alcohol motifs (C(OH)–C–C–N with tert-alkyl or cyclic N) is 1. The van der Waals surface area contributed by atoms with Gasteiger partial charge in [-0.2, -0.15) is 0 Å². The molecule has 1 atom stereocenters. The van der Waals surface area contributed by atoms with Crippen molar-refractivity contribution in [1.82, 2.24) is 14.8 Å². The number of nitrogen functional groups attached to an aromatic ring is 1. The lowest BCUT2D eigenvalue weighted by atomic mass is 10.2. The van der Waals surface area contributed by atoms with Crippen molar-refractivity contribution in [2.24, 2.45) is 0 Å². The first-order valence-electron chi connectivity index (χ1n) is 5.96. The van der Waals surface area contributed by atoms with E-state index in [9.17, 15) is 5.11 Å². The highest BCUT2D eigenvalue weighted by atomic mass is 35.5. The summed E-state index contributed by atoms with van der Waals surface area (Å²) in [5.41, 5.74) is 5.61. The first kappa shape index (κ1) is 15.7. The maximum atomic E-state index is 9.33. The Balaban J connectivity index is 0.00000162. The quantitative estimate of drug-likeness (QED) is 0.853. The first-order chi connectivity index (χ1) is 8.13. The summed E-state index contributed by atoms with van der Waals surface area (Å²) in [5, 5.41) is 9.98. The average molecular weight is 293 g/mol. The van der Waals surface area contributed by atoms with Crippen LogP contribution in [0, 0.1) is 0 Å². The molecule has 2 rings (SSSR count). The number of aliphatic hydroxyl groups is 1. The molecule has 2 heterocycles. The largest absolute Gasteiger partial charge is 0.392 e. The molecule has 1 aliphatic rings. The number of thiazole rings is 1. The van der Waals surface area contributed by atoms with E-state index in [1.54, 1.807) is 11.3 Å². The predicted octanol–water partition coefficient (Wildman–Crippen LogP) is 0.645. The summed E-state index contributed by atoms with van der Waals surface area (Å²) >= 11 is 1.56. The average Bonchev–Trinajstić information content (AvgIpc) is 2.66. The van der Waals surface area contributed by atoms with E-state index in [0.717, 1.165) is 39.3 Å². The van der Waals surface area contributed by atoms with Crippen molar-refractivity contribution in [3.8, 4) is 0 Å². The van der Waals surface area contributed by atoms with Gasteiger partial charge in [0.1, 0.15) is 0 Å². The van der Waals surface area contributed by atoms with Crippen molar-refractivity contribution in [3.63, 3.8) is 0 Å². The van der Waals surface area contributed by atoms with Crippen LogP contribution < -0.4 is 5.73 Å². The zero-order valence-electron chi connectivity index (χ0n) is 10.6. The highest BCUT2D eigenvalue weighted by Crippen LogP contribution is 2.17. The van der Waals surface area contributed by atoms with Gasteiger partial charge in [0.15, 0.2) is 5.13 Å². The molecule has 0 radical (unpaired) electrons. The summed E-state index contributed by atoms with van der Waals surface area (Å²) < 4.78 is 0. The van der Waals surface area contributed by atoms with Crippen LogP contribution in [0.2, 0.25) is 0 Å². The van der Waals surface area contributed by atoms with Crippen molar-refractivity contribution in [3.05, 3.63) is 11.1 Å². The molecule has 104 valence electrons. The van der Waals surface area contributed by atoms with Crippen molar-refractivity contribution < 1.29 is 5.11 Å². The fourth-order valence-electron chi connectivity index (χ4n) is 2.12. The molecule has 0 unspecified atom stereocenters. The molecule has 5 nitrogen and oxygen atoms in total. The molecular formula is C11H21ClN4OS. The van der Waals surface area contributed by atoms with Gasteiger partial charge in [-0.3, -0.25) is 9.80 Å². The normalized spacial score (nSPS) is 19.4. The predicted molar refractivity (Wildman–Crippen MR) is 77.2 cm³/mol. The van der Waals surface area contributed by atoms with Crippen molar-refractivity contribution in [2.45, 2.75) is 19.6 Å². The lowest BCUT2D eigenvalue weighted by Gasteiger charge is -2.34. The number of anilines is 1. The fourth-order valence-corrected chi connectivity index (χ4v) is 2.85. The minimum Gasteiger partial charge on any atom is -0.392 e. The van der Waals surface area contributed by atoms with Gasteiger partial charge in [0.2, 0.25) is 0 Å². The number of hydrogen-bond acceptors (Lipinski definition) is 6. The number of rotatable bonds is 4. The fraction of sp³-hybridized carbons (Fsp3) is 0.727. The van der Waals surface area contributed by atoms with Gasteiger partial charge >= 0.3 is 0 Å². The number of nitrogens with zero attached hydrogens (tertiary/aromatic N) is 3. The van der Waals surface area contributed by atoms with Gasteiger partial charge in [-0.05, 0) is 6.92 Å². The van der Waals surface area contributed by atoms with E-state index < -0.39 is 0 Å². The molecule has 0 spiro atoms. The maximum absolute atomic E-state index is 9.33. The summed E-state index contributed by atoms with van der Waals surface area (Å²) in [5.74, 6) is 0. The molecule has 0 bridgehead atoms. The second kappa shape index (κ2) is 7.25. The van der Waals surface area contributed by atoms with E-state index in [1.807, 2.05) is 13.1 Å². The molecule has 0 aliphatic carbocycles. The van der Waals surface area contributed by atoms with Gasteiger partial charge in [0.05, 0.1) is 6.10 Å². The third-order valence-electron chi connectivity index (χ3n) is 2.94. The van der Waals surface area contributed by atoms with Crippen molar-refractivity contribution in [2.75, 3.05) is 38.5 Å². The molecule has 0 aromatic carbocycles. The summed E-state index contributed by atoms with van der Waals surface area (Å²) in [4.78, 5) is 10.0. The molecule has 0 saturated carbocycles. The smallest absolute Gasteiger partial charge is 0.180 e. The Morgan fingerprint density at radius 2 is 2.00 bits per heavy atom. The van der Waals surface area contributed by atoms with Crippen LogP contribution in [0.5, 0.6) is 0 Å². The Labute approximate surface area is 118 Å². The molecule has 0 amide bonds. The zero-order chi connectivity index (χ0) is 12.3. The number of halogens is 1. The standard InChI is InChI=1S/C11H20N4OS.ClH/c1-9(16)7-14-2-4-15(5-3-14)8-10-6-13-11(12)17-10;/h6,9,16H,2-5,7-8H2,1H3,(H2,12,13);1H/t9-;/m1./s1. The maximum Gasteiger partial charge on any atom is 0.180 e. The van der Waals surface area contributed by atoms with Crippen LogP contribution in [-0.2, 0) is 6.54 Å². The van der Waals surface area contributed by atoms with Gasteiger partial charge in [-0.1, -0.05) is 0 Å². The van der Waals surface area contributed by atoms with Crippen LogP contribution in [-0.4, -0.2) is 58.7 Å². The lowest BCUT2D eigenvalue weighted by Crippen LogP contribution is -2.47. The zero-order valence-corrected chi connectivity index (χ0v) is 12.2. The molecule has 1 saturated heterocycles. The Bertz CT molecular complexity index is 353. The summed E-state index contributed by atoms with van der Waals surface area (Å²) in [6.45, 7) is 7.71. The summed E-state index contributed by atoms with van der Waals surface area (Å²) in [6, 6.07) is 0. The van der Waals surface area contributed by atoms with E-state index >= 15 is 0 Å². The van der Waals surface area contributed by atoms with Crippen LogP contribution in [0.3, 0.4) is 0 Å². The van der Waals surface area contributed by atoms with Crippen LogP contribution in [0.4, 0.5) is 5.13 Å². The number of aromatic nitrogens is 1. The van der Waals surface area contributed by atoms with Gasteiger partial charge in [0.25, 0.3) is 0 Å². The van der Waals surface area contributed by atoms with E-state index in [2.05, 4.69) is 14.8 Å². The van der Waals surface area contributed by atoms with Crippen LogP contribution in [0.1, 0.15) is 11.8 Å². The first-order valence-corrected chi connectivity index (χ1v) is 6.78. The topological polar surface area (TPSA) is 65.6 Å². The molecule has 1 aromatic heterocycles. The molecule has 7 heteroatoms.